The number of aromatic nitrogens is 2. The third-order valence-electron chi connectivity index (χ3n) is 3.21. The van der Waals surface area contributed by atoms with Crippen LogP contribution in [0, 0.1) is 0 Å². The third kappa shape index (κ3) is 1.46. The van der Waals surface area contributed by atoms with Crippen molar-refractivity contribution in [2.75, 3.05) is 18.8 Å². The van der Waals surface area contributed by atoms with Crippen molar-refractivity contribution in [3.8, 4) is 0 Å². The number of likely N-dealkylation sites (tertiary alicyclic amines) is 1. The molecule has 6 nitrogen and oxygen atoms in total. The second-order valence-corrected chi connectivity index (χ2v) is 4.37. The van der Waals surface area contributed by atoms with Gasteiger partial charge in [0.15, 0.2) is 0 Å². The monoisotopic (exact) mass is 222 g/mol. The third-order valence-corrected chi connectivity index (χ3v) is 3.21. The first kappa shape index (κ1) is 9.65. The largest absolute Gasteiger partial charge is 0.396 e. The van der Waals surface area contributed by atoms with E-state index in [1.54, 1.807) is 4.90 Å². The smallest absolute Gasteiger partial charge is 0.274 e. The van der Waals surface area contributed by atoms with Crippen LogP contribution in [0.1, 0.15) is 23.3 Å². The molecule has 86 valence electrons. The van der Waals surface area contributed by atoms with Crippen LogP contribution >= 0.6 is 0 Å². The van der Waals surface area contributed by atoms with Gasteiger partial charge >= 0.3 is 0 Å². The van der Waals surface area contributed by atoms with Gasteiger partial charge in [-0.15, -0.1) is 0 Å². The van der Waals surface area contributed by atoms with Crippen LogP contribution in [-0.4, -0.2) is 46.3 Å². The first-order valence-corrected chi connectivity index (χ1v) is 5.47. The van der Waals surface area contributed by atoms with E-state index in [0.29, 0.717) is 24.5 Å². The molecule has 0 spiro atoms. The molecule has 1 aromatic heterocycles. The number of amides is 1. The average Bonchev–Trinajstić information content (AvgIpc) is 2.84. The molecule has 2 fully saturated rings. The van der Waals surface area contributed by atoms with Crippen LogP contribution in [0.4, 0.5) is 5.69 Å². The number of H-pyrrole nitrogens is 1. The van der Waals surface area contributed by atoms with E-state index in [1.165, 1.54) is 6.20 Å². The number of anilines is 1. The van der Waals surface area contributed by atoms with Crippen molar-refractivity contribution >= 4 is 11.6 Å². The highest BCUT2D eigenvalue weighted by Crippen LogP contribution is 2.27. The molecule has 3 heterocycles. The lowest BCUT2D eigenvalue weighted by Crippen LogP contribution is -2.46. The van der Waals surface area contributed by atoms with Crippen LogP contribution in [0.3, 0.4) is 0 Å². The minimum Gasteiger partial charge on any atom is -0.396 e. The molecule has 6 heteroatoms. The molecular formula is C10H14N4O2. The maximum atomic E-state index is 12.1. The molecular weight excluding hydrogens is 208 g/mol. The van der Waals surface area contributed by atoms with Gasteiger partial charge in [-0.05, 0) is 12.8 Å². The number of aromatic amines is 1. The molecule has 1 aromatic rings. The van der Waals surface area contributed by atoms with Gasteiger partial charge in [0, 0.05) is 13.1 Å². The van der Waals surface area contributed by atoms with Crippen molar-refractivity contribution < 1.29 is 9.53 Å². The minimum absolute atomic E-state index is 0.0739. The van der Waals surface area contributed by atoms with Gasteiger partial charge in [-0.1, -0.05) is 0 Å². The average molecular weight is 222 g/mol. The molecule has 2 unspecified atom stereocenters. The number of fused-ring (bicyclic) bond motifs is 2. The van der Waals surface area contributed by atoms with Crippen LogP contribution < -0.4 is 5.73 Å². The van der Waals surface area contributed by atoms with E-state index in [2.05, 4.69) is 10.2 Å². The Morgan fingerprint density at radius 3 is 2.75 bits per heavy atom. The van der Waals surface area contributed by atoms with Gasteiger partial charge in [0.1, 0.15) is 5.69 Å². The summed E-state index contributed by atoms with van der Waals surface area (Å²) >= 11 is 0. The highest BCUT2D eigenvalue weighted by molar-refractivity contribution is 5.97. The molecule has 3 rings (SSSR count). The SMILES string of the molecule is Nc1cn[nH]c1C(=O)N1CC2CCC(C1)O2. The Bertz CT molecular complexity index is 405. The molecule has 0 radical (unpaired) electrons. The van der Waals surface area contributed by atoms with Gasteiger partial charge in [0.2, 0.25) is 0 Å². The summed E-state index contributed by atoms with van der Waals surface area (Å²) in [7, 11) is 0. The minimum atomic E-state index is -0.0739. The lowest BCUT2D eigenvalue weighted by Gasteiger charge is -2.31. The topological polar surface area (TPSA) is 84.2 Å². The predicted molar refractivity (Wildman–Crippen MR) is 56.8 cm³/mol. The predicted octanol–water partition coefficient (Wildman–Crippen LogP) is -0.00470. The molecule has 16 heavy (non-hydrogen) atoms. The number of ether oxygens (including phenoxy) is 1. The van der Waals surface area contributed by atoms with E-state index in [9.17, 15) is 4.79 Å². The molecule has 3 N–H and O–H groups in total. The van der Waals surface area contributed by atoms with E-state index in [1.807, 2.05) is 0 Å². The van der Waals surface area contributed by atoms with Crippen LogP contribution in [-0.2, 0) is 4.74 Å². The number of nitrogens with zero attached hydrogens (tertiary/aromatic N) is 2. The molecule has 2 aliphatic heterocycles. The number of hydrogen-bond donors (Lipinski definition) is 2. The summed E-state index contributed by atoms with van der Waals surface area (Å²) < 4.78 is 5.67. The quantitative estimate of drug-likeness (QED) is 0.700. The highest BCUT2D eigenvalue weighted by Gasteiger charge is 2.36. The number of rotatable bonds is 1. The van der Waals surface area contributed by atoms with Crippen LogP contribution in [0.25, 0.3) is 0 Å². The number of morpholine rings is 1. The molecule has 2 saturated heterocycles. The van der Waals surface area contributed by atoms with E-state index >= 15 is 0 Å². The maximum absolute atomic E-state index is 12.1. The molecule has 2 aliphatic rings. The lowest BCUT2D eigenvalue weighted by atomic mass is 10.2. The van der Waals surface area contributed by atoms with Crippen LogP contribution in [0.15, 0.2) is 6.20 Å². The number of carbonyl (C=O) groups is 1. The summed E-state index contributed by atoms with van der Waals surface area (Å²) in [4.78, 5) is 13.9. The van der Waals surface area contributed by atoms with Crippen LogP contribution in [0.5, 0.6) is 0 Å². The Morgan fingerprint density at radius 1 is 1.50 bits per heavy atom. The van der Waals surface area contributed by atoms with Crippen LogP contribution in [0.2, 0.25) is 0 Å². The van der Waals surface area contributed by atoms with E-state index in [0.717, 1.165) is 12.8 Å². The van der Waals surface area contributed by atoms with Crippen molar-refractivity contribution in [3.63, 3.8) is 0 Å². The van der Waals surface area contributed by atoms with E-state index in [4.69, 9.17) is 10.5 Å². The molecule has 0 aromatic carbocycles. The number of nitrogen functional groups attached to an aromatic ring is 1. The fourth-order valence-corrected chi connectivity index (χ4v) is 2.41. The Kier molecular flexibility index (Phi) is 2.10. The lowest BCUT2D eigenvalue weighted by molar-refractivity contribution is -0.0305. The van der Waals surface area contributed by atoms with Gasteiger partial charge in [-0.3, -0.25) is 9.89 Å². The summed E-state index contributed by atoms with van der Waals surface area (Å²) in [5.41, 5.74) is 6.46. The van der Waals surface area contributed by atoms with Gasteiger partial charge in [-0.2, -0.15) is 5.10 Å². The van der Waals surface area contributed by atoms with E-state index in [-0.39, 0.29) is 18.1 Å². The van der Waals surface area contributed by atoms with Gasteiger partial charge in [0.25, 0.3) is 5.91 Å². The molecule has 0 saturated carbocycles. The van der Waals surface area contributed by atoms with Crippen molar-refractivity contribution in [2.24, 2.45) is 0 Å². The fraction of sp³-hybridized carbons (Fsp3) is 0.600. The fourth-order valence-electron chi connectivity index (χ4n) is 2.41. The first-order valence-electron chi connectivity index (χ1n) is 5.47. The first-order chi connectivity index (χ1) is 7.74. The zero-order valence-corrected chi connectivity index (χ0v) is 8.85. The normalized spacial score (nSPS) is 28.4. The maximum Gasteiger partial charge on any atom is 0.274 e. The Balaban J connectivity index is 1.79. The Hall–Kier alpha value is -1.56. The highest BCUT2D eigenvalue weighted by atomic mass is 16.5. The number of hydrogen-bond acceptors (Lipinski definition) is 4. The summed E-state index contributed by atoms with van der Waals surface area (Å²) in [6, 6.07) is 0. The van der Waals surface area contributed by atoms with Crippen molar-refractivity contribution in [1.29, 1.82) is 0 Å². The molecule has 0 aliphatic carbocycles. The summed E-state index contributed by atoms with van der Waals surface area (Å²) in [5, 5.41) is 6.41. The molecule has 1 amide bonds. The Morgan fingerprint density at radius 2 is 2.19 bits per heavy atom. The standard InChI is InChI=1S/C10H14N4O2/c11-8-3-12-13-9(8)10(15)14-4-6-1-2-7(5-14)16-6/h3,6-7H,1-2,4-5,11H2,(H,12,13). The number of carbonyl (C=O) groups excluding carboxylic acids is 1. The van der Waals surface area contributed by atoms with Gasteiger partial charge < -0.3 is 15.4 Å². The second kappa shape index (κ2) is 3.48. The van der Waals surface area contributed by atoms with Crippen molar-refractivity contribution in [3.05, 3.63) is 11.9 Å². The number of nitrogens with one attached hydrogen (secondary N) is 1. The van der Waals surface area contributed by atoms with Gasteiger partial charge in [-0.25, -0.2) is 0 Å². The number of nitrogens with two attached hydrogens (primary N) is 1. The zero-order valence-electron chi connectivity index (χ0n) is 8.85. The van der Waals surface area contributed by atoms with Crippen molar-refractivity contribution in [2.45, 2.75) is 25.0 Å². The second-order valence-electron chi connectivity index (χ2n) is 4.37. The molecule has 2 atom stereocenters. The Labute approximate surface area is 92.7 Å². The summed E-state index contributed by atoms with van der Waals surface area (Å²) in [6.07, 6.45) is 3.96. The van der Waals surface area contributed by atoms with Gasteiger partial charge in [0.05, 0.1) is 24.1 Å². The zero-order chi connectivity index (χ0) is 11.1. The van der Waals surface area contributed by atoms with E-state index < -0.39 is 0 Å². The molecule has 2 bridgehead atoms. The van der Waals surface area contributed by atoms with Crippen molar-refractivity contribution in [1.82, 2.24) is 15.1 Å². The summed E-state index contributed by atoms with van der Waals surface area (Å²) in [6.45, 7) is 1.32. The summed E-state index contributed by atoms with van der Waals surface area (Å²) in [5.74, 6) is -0.0739.